The Balaban J connectivity index is 1.27. The van der Waals surface area contributed by atoms with Gasteiger partial charge in [-0.1, -0.05) is 24.3 Å². The fourth-order valence-corrected chi connectivity index (χ4v) is 4.28. The number of aliphatic hydroxyl groups excluding tert-OH is 1. The molecule has 32 heavy (non-hydrogen) atoms. The van der Waals surface area contributed by atoms with Crippen LogP contribution in [-0.4, -0.2) is 59.8 Å². The molecule has 0 saturated carbocycles. The molecular weight excluding hydrogens is 405 g/mol. The summed E-state index contributed by atoms with van der Waals surface area (Å²) in [5.41, 5.74) is 4.76. The van der Waals surface area contributed by atoms with Crippen molar-refractivity contribution in [1.29, 1.82) is 0 Å². The first kappa shape index (κ1) is 22.3. The summed E-state index contributed by atoms with van der Waals surface area (Å²) in [7, 11) is 0. The monoisotopic (exact) mass is 437 g/mol. The van der Waals surface area contributed by atoms with E-state index in [1.807, 2.05) is 13.1 Å². The lowest BCUT2D eigenvalue weighted by Gasteiger charge is -2.30. The number of hydrogen-bond donors (Lipinski definition) is 4. The molecule has 0 radical (unpaired) electrons. The number of fused-ring (bicyclic) bond motifs is 2. The third kappa shape index (κ3) is 5.66. The molecule has 4 rings (SSSR count). The van der Waals surface area contributed by atoms with Crippen LogP contribution in [0.3, 0.4) is 0 Å². The first-order chi connectivity index (χ1) is 15.6. The molecule has 1 unspecified atom stereocenters. The zero-order valence-corrected chi connectivity index (χ0v) is 18.6. The number of hydrogen-bond acceptors (Lipinski definition) is 3. The van der Waals surface area contributed by atoms with E-state index in [2.05, 4.69) is 49.8 Å². The summed E-state index contributed by atoms with van der Waals surface area (Å²) < 4.78 is 13.6. The normalized spacial score (nSPS) is 15.5. The van der Waals surface area contributed by atoms with Crippen molar-refractivity contribution < 1.29 is 9.50 Å². The van der Waals surface area contributed by atoms with Gasteiger partial charge in [0, 0.05) is 49.8 Å². The first-order valence-corrected chi connectivity index (χ1v) is 11.4. The van der Waals surface area contributed by atoms with Crippen LogP contribution < -0.4 is 10.6 Å². The number of aliphatic hydroxyl groups is 1. The van der Waals surface area contributed by atoms with E-state index in [1.165, 1.54) is 17.2 Å². The van der Waals surface area contributed by atoms with Crippen LogP contribution in [0.1, 0.15) is 23.6 Å². The number of halogens is 1. The zero-order chi connectivity index (χ0) is 22.3. The summed E-state index contributed by atoms with van der Waals surface area (Å²) in [6.07, 6.45) is 3.17. The summed E-state index contributed by atoms with van der Waals surface area (Å²) in [5, 5.41) is 18.0. The maximum atomic E-state index is 13.6. The van der Waals surface area contributed by atoms with Crippen LogP contribution in [-0.2, 0) is 19.4 Å². The summed E-state index contributed by atoms with van der Waals surface area (Å²) in [4.78, 5) is 10.0. The number of aromatic amines is 1. The minimum Gasteiger partial charge on any atom is -0.390 e. The molecule has 1 atom stereocenters. The molecule has 1 aromatic heterocycles. The van der Waals surface area contributed by atoms with Crippen molar-refractivity contribution in [2.45, 2.75) is 32.4 Å². The zero-order valence-electron chi connectivity index (χ0n) is 18.6. The molecule has 3 aromatic rings. The first-order valence-electron chi connectivity index (χ1n) is 11.4. The Labute approximate surface area is 188 Å². The van der Waals surface area contributed by atoms with Gasteiger partial charge in [-0.05, 0) is 54.7 Å². The van der Waals surface area contributed by atoms with Crippen molar-refractivity contribution in [2.75, 3.05) is 32.7 Å². The third-order valence-corrected chi connectivity index (χ3v) is 5.90. The van der Waals surface area contributed by atoms with Crippen molar-refractivity contribution >= 4 is 16.9 Å². The topological polar surface area (TPSA) is 75.7 Å². The SMILES string of the molecule is CCNC(=NCC(O)CN1CCc2ccccc2C1)NCCc1c[nH]c2ccc(F)cc12. The highest BCUT2D eigenvalue weighted by molar-refractivity contribution is 5.83. The molecule has 0 aliphatic carbocycles. The molecule has 0 fully saturated rings. The van der Waals surface area contributed by atoms with Crippen molar-refractivity contribution in [2.24, 2.45) is 4.99 Å². The second kappa shape index (κ2) is 10.6. The number of β-amino-alcohol motifs (C(OH)–C–C–N with tert-alkyl or cyclic N) is 1. The smallest absolute Gasteiger partial charge is 0.191 e. The molecular formula is C25H32FN5O. The van der Waals surface area contributed by atoms with Gasteiger partial charge in [-0.3, -0.25) is 9.89 Å². The molecule has 2 aromatic carbocycles. The van der Waals surface area contributed by atoms with Crippen LogP contribution in [0.25, 0.3) is 10.9 Å². The molecule has 0 amide bonds. The van der Waals surface area contributed by atoms with Gasteiger partial charge >= 0.3 is 0 Å². The lowest BCUT2D eigenvalue weighted by Crippen LogP contribution is -2.40. The maximum absolute atomic E-state index is 13.6. The number of rotatable bonds is 8. The van der Waals surface area contributed by atoms with Gasteiger partial charge in [0.1, 0.15) is 5.82 Å². The number of guanidine groups is 1. The molecule has 1 aliphatic heterocycles. The van der Waals surface area contributed by atoms with Gasteiger partial charge in [-0.25, -0.2) is 4.39 Å². The van der Waals surface area contributed by atoms with Gasteiger partial charge < -0.3 is 20.7 Å². The van der Waals surface area contributed by atoms with E-state index in [4.69, 9.17) is 0 Å². The van der Waals surface area contributed by atoms with Crippen molar-refractivity contribution in [3.8, 4) is 0 Å². The van der Waals surface area contributed by atoms with Gasteiger partial charge in [-0.2, -0.15) is 0 Å². The molecule has 170 valence electrons. The van der Waals surface area contributed by atoms with E-state index in [0.717, 1.165) is 48.9 Å². The van der Waals surface area contributed by atoms with Crippen LogP contribution in [0.4, 0.5) is 4.39 Å². The number of aliphatic imine (C=N–C) groups is 1. The standard InChI is InChI=1S/C25H32FN5O/c1-2-27-25(28-11-9-19-14-29-24-8-7-21(26)13-23(19)24)30-15-22(32)17-31-12-10-18-5-3-4-6-20(18)16-31/h3-8,13-14,22,29,32H,2,9-12,15-17H2,1H3,(H2,27,28,30). The van der Waals surface area contributed by atoms with Gasteiger partial charge in [0.25, 0.3) is 0 Å². The van der Waals surface area contributed by atoms with Crippen LogP contribution in [0.15, 0.2) is 53.7 Å². The summed E-state index contributed by atoms with van der Waals surface area (Å²) in [5.74, 6) is 0.453. The Morgan fingerprint density at radius 2 is 2.06 bits per heavy atom. The van der Waals surface area contributed by atoms with Crippen molar-refractivity contribution in [1.82, 2.24) is 20.5 Å². The average Bonchev–Trinajstić information content (AvgIpc) is 3.19. The summed E-state index contributed by atoms with van der Waals surface area (Å²) >= 11 is 0. The van der Waals surface area contributed by atoms with Crippen molar-refractivity contribution in [3.63, 3.8) is 0 Å². The molecule has 4 N–H and O–H groups in total. The molecule has 1 aliphatic rings. The van der Waals surface area contributed by atoms with Gasteiger partial charge in [0.2, 0.25) is 0 Å². The summed E-state index contributed by atoms with van der Waals surface area (Å²) in [6, 6.07) is 13.3. The third-order valence-electron chi connectivity index (χ3n) is 5.90. The molecule has 0 saturated heterocycles. The number of nitrogens with zero attached hydrogens (tertiary/aromatic N) is 2. The fraction of sp³-hybridized carbons (Fsp3) is 0.400. The minimum absolute atomic E-state index is 0.229. The molecule has 6 nitrogen and oxygen atoms in total. The van der Waals surface area contributed by atoms with Gasteiger partial charge in [-0.15, -0.1) is 0 Å². The predicted molar refractivity (Wildman–Crippen MR) is 127 cm³/mol. The summed E-state index contributed by atoms with van der Waals surface area (Å²) in [6.45, 7) is 6.20. The van der Waals surface area contributed by atoms with E-state index < -0.39 is 6.10 Å². The Morgan fingerprint density at radius 3 is 2.91 bits per heavy atom. The van der Waals surface area contributed by atoms with E-state index in [1.54, 1.807) is 12.1 Å². The highest BCUT2D eigenvalue weighted by atomic mass is 19.1. The Bertz CT molecular complexity index is 1060. The molecule has 7 heteroatoms. The molecule has 2 heterocycles. The van der Waals surface area contributed by atoms with E-state index in [-0.39, 0.29) is 5.82 Å². The Hall–Kier alpha value is -2.90. The van der Waals surface area contributed by atoms with Crippen LogP contribution >= 0.6 is 0 Å². The molecule has 0 spiro atoms. The lowest BCUT2D eigenvalue weighted by molar-refractivity contribution is 0.111. The molecule has 0 bridgehead atoms. The number of H-pyrrole nitrogens is 1. The minimum atomic E-state index is -0.521. The lowest BCUT2D eigenvalue weighted by atomic mass is 10.00. The second-order valence-corrected chi connectivity index (χ2v) is 8.31. The Kier molecular flexibility index (Phi) is 7.39. The Morgan fingerprint density at radius 1 is 1.22 bits per heavy atom. The van der Waals surface area contributed by atoms with Gasteiger partial charge in [0.05, 0.1) is 12.6 Å². The predicted octanol–water partition coefficient (Wildman–Crippen LogP) is 2.82. The van der Waals surface area contributed by atoms with Crippen LogP contribution in [0.5, 0.6) is 0 Å². The highest BCUT2D eigenvalue weighted by Crippen LogP contribution is 2.20. The number of benzene rings is 2. The van der Waals surface area contributed by atoms with Crippen molar-refractivity contribution in [3.05, 3.63) is 71.2 Å². The maximum Gasteiger partial charge on any atom is 0.191 e. The van der Waals surface area contributed by atoms with Crippen LogP contribution in [0.2, 0.25) is 0 Å². The quantitative estimate of drug-likeness (QED) is 0.323. The fourth-order valence-electron chi connectivity index (χ4n) is 4.28. The van der Waals surface area contributed by atoms with E-state index in [0.29, 0.717) is 25.6 Å². The largest absolute Gasteiger partial charge is 0.390 e. The highest BCUT2D eigenvalue weighted by Gasteiger charge is 2.18. The number of aromatic nitrogens is 1. The second-order valence-electron chi connectivity index (χ2n) is 8.31. The number of nitrogens with one attached hydrogen (secondary N) is 3. The van der Waals surface area contributed by atoms with Gasteiger partial charge in [0.15, 0.2) is 5.96 Å². The average molecular weight is 438 g/mol. The van der Waals surface area contributed by atoms with Crippen LogP contribution in [0, 0.1) is 5.82 Å². The van der Waals surface area contributed by atoms with E-state index >= 15 is 0 Å². The van der Waals surface area contributed by atoms with E-state index in [9.17, 15) is 9.50 Å².